The van der Waals surface area contributed by atoms with E-state index in [1.54, 1.807) is 0 Å². The van der Waals surface area contributed by atoms with E-state index < -0.39 is 0 Å². The lowest BCUT2D eigenvalue weighted by atomic mass is 9.93. The van der Waals surface area contributed by atoms with Crippen LogP contribution in [-0.4, -0.2) is 49.9 Å². The molecule has 0 radical (unpaired) electrons. The van der Waals surface area contributed by atoms with E-state index in [0.717, 1.165) is 44.8 Å². The lowest BCUT2D eigenvalue weighted by Crippen LogP contribution is -2.44. The molecule has 0 aliphatic carbocycles. The van der Waals surface area contributed by atoms with Crippen molar-refractivity contribution >= 4 is 11.8 Å². The van der Waals surface area contributed by atoms with Crippen molar-refractivity contribution in [2.45, 2.75) is 39.0 Å². The van der Waals surface area contributed by atoms with Gasteiger partial charge < -0.3 is 15.5 Å². The molecular weight excluding hydrogens is 242 g/mol. The number of carbonyl (C=O) groups excluding carboxylic acids is 2. The normalized spacial score (nSPS) is 16.4. The van der Waals surface area contributed by atoms with Crippen molar-refractivity contribution in [1.82, 2.24) is 15.5 Å². The summed E-state index contributed by atoms with van der Waals surface area (Å²) in [5, 5.41) is 5.85. The van der Waals surface area contributed by atoms with E-state index in [-0.39, 0.29) is 18.4 Å². The lowest BCUT2D eigenvalue weighted by molar-refractivity contribution is -0.134. The van der Waals surface area contributed by atoms with Crippen LogP contribution >= 0.6 is 0 Å². The second-order valence-electron chi connectivity index (χ2n) is 5.24. The van der Waals surface area contributed by atoms with Crippen LogP contribution in [0.5, 0.6) is 0 Å². The molecule has 1 rings (SSSR count). The van der Waals surface area contributed by atoms with Crippen LogP contribution in [0, 0.1) is 5.92 Å². The number of rotatable bonds is 7. The fraction of sp³-hybridized carbons (Fsp3) is 0.857. The molecule has 1 heterocycles. The van der Waals surface area contributed by atoms with E-state index in [9.17, 15) is 9.59 Å². The summed E-state index contributed by atoms with van der Waals surface area (Å²) in [5.74, 6) is 0.752. The van der Waals surface area contributed by atoms with Crippen LogP contribution in [0.25, 0.3) is 0 Å². The number of likely N-dealkylation sites (tertiary alicyclic amines) is 1. The zero-order valence-electron chi connectivity index (χ0n) is 12.2. The maximum atomic E-state index is 11.9. The van der Waals surface area contributed by atoms with Crippen LogP contribution in [0.3, 0.4) is 0 Å². The molecule has 1 aliphatic heterocycles. The molecule has 1 fully saturated rings. The molecule has 2 N–H and O–H groups in total. The zero-order chi connectivity index (χ0) is 14.1. The third kappa shape index (κ3) is 6.05. The van der Waals surface area contributed by atoms with Crippen molar-refractivity contribution in [3.63, 3.8) is 0 Å². The molecule has 5 nitrogen and oxygen atoms in total. The molecule has 0 saturated carbocycles. The van der Waals surface area contributed by atoms with E-state index in [0.29, 0.717) is 6.42 Å². The number of piperidine rings is 1. The summed E-state index contributed by atoms with van der Waals surface area (Å²) in [5.41, 5.74) is 0. The van der Waals surface area contributed by atoms with Crippen molar-refractivity contribution < 1.29 is 9.59 Å². The molecular formula is C14H27N3O2. The maximum absolute atomic E-state index is 11.9. The smallest absolute Gasteiger partial charge is 0.241 e. The molecule has 5 heteroatoms. The fourth-order valence-corrected chi connectivity index (χ4v) is 2.42. The number of hydrogen-bond donors (Lipinski definition) is 2. The van der Waals surface area contributed by atoms with Gasteiger partial charge in [-0.1, -0.05) is 6.92 Å². The van der Waals surface area contributed by atoms with Gasteiger partial charge >= 0.3 is 0 Å². The molecule has 0 aromatic rings. The highest BCUT2D eigenvalue weighted by atomic mass is 16.2. The first kappa shape index (κ1) is 16.0. The Morgan fingerprint density at radius 3 is 2.53 bits per heavy atom. The molecule has 0 unspecified atom stereocenters. The van der Waals surface area contributed by atoms with Crippen LogP contribution in [-0.2, 0) is 9.59 Å². The van der Waals surface area contributed by atoms with Gasteiger partial charge in [-0.05, 0) is 45.2 Å². The SMILES string of the molecule is CCCC(=O)NCC(=O)N1CCC(CCNC)CC1. The Morgan fingerprint density at radius 1 is 1.26 bits per heavy atom. The number of carbonyl (C=O) groups is 2. The number of amides is 2. The highest BCUT2D eigenvalue weighted by molar-refractivity contribution is 5.84. The van der Waals surface area contributed by atoms with Gasteiger partial charge in [-0.2, -0.15) is 0 Å². The van der Waals surface area contributed by atoms with Crippen LogP contribution < -0.4 is 10.6 Å². The molecule has 0 bridgehead atoms. The number of nitrogens with zero attached hydrogens (tertiary/aromatic N) is 1. The van der Waals surface area contributed by atoms with Gasteiger partial charge in [0.05, 0.1) is 6.54 Å². The minimum Gasteiger partial charge on any atom is -0.347 e. The van der Waals surface area contributed by atoms with Crippen LogP contribution in [0.2, 0.25) is 0 Å². The van der Waals surface area contributed by atoms with Crippen LogP contribution in [0.15, 0.2) is 0 Å². The van der Waals surface area contributed by atoms with Crippen molar-refractivity contribution in [2.75, 3.05) is 33.2 Å². The maximum Gasteiger partial charge on any atom is 0.241 e. The first-order chi connectivity index (χ1) is 9.17. The van der Waals surface area contributed by atoms with Crippen LogP contribution in [0.1, 0.15) is 39.0 Å². The average molecular weight is 269 g/mol. The molecule has 0 spiro atoms. The van der Waals surface area contributed by atoms with E-state index in [1.165, 1.54) is 6.42 Å². The Kier molecular flexibility index (Phi) is 7.48. The molecule has 0 aromatic carbocycles. The third-order valence-electron chi connectivity index (χ3n) is 3.68. The topological polar surface area (TPSA) is 61.4 Å². The first-order valence-corrected chi connectivity index (χ1v) is 7.36. The van der Waals surface area contributed by atoms with E-state index in [1.807, 2.05) is 18.9 Å². The molecule has 1 saturated heterocycles. The molecule has 1 aliphatic rings. The van der Waals surface area contributed by atoms with E-state index in [2.05, 4.69) is 10.6 Å². The predicted octanol–water partition coefficient (Wildman–Crippen LogP) is 0.751. The van der Waals surface area contributed by atoms with Gasteiger partial charge in [0.15, 0.2) is 0 Å². The number of hydrogen-bond acceptors (Lipinski definition) is 3. The first-order valence-electron chi connectivity index (χ1n) is 7.36. The number of nitrogens with one attached hydrogen (secondary N) is 2. The molecule has 0 atom stereocenters. The van der Waals surface area contributed by atoms with Gasteiger partial charge in [0, 0.05) is 19.5 Å². The monoisotopic (exact) mass is 269 g/mol. The quantitative estimate of drug-likeness (QED) is 0.717. The third-order valence-corrected chi connectivity index (χ3v) is 3.68. The Morgan fingerprint density at radius 2 is 1.95 bits per heavy atom. The van der Waals surface area contributed by atoms with Gasteiger partial charge in [-0.3, -0.25) is 9.59 Å². The summed E-state index contributed by atoms with van der Waals surface area (Å²) in [4.78, 5) is 25.1. The minimum atomic E-state index is -0.0280. The molecule has 0 aromatic heterocycles. The van der Waals surface area contributed by atoms with E-state index in [4.69, 9.17) is 0 Å². The minimum absolute atomic E-state index is 0.0280. The van der Waals surface area contributed by atoms with Gasteiger partial charge in [0.2, 0.25) is 11.8 Å². The molecule has 19 heavy (non-hydrogen) atoms. The lowest BCUT2D eigenvalue weighted by Gasteiger charge is -2.32. The van der Waals surface area contributed by atoms with Crippen LogP contribution in [0.4, 0.5) is 0 Å². The standard InChI is InChI=1S/C14H27N3O2/c1-3-4-13(18)16-11-14(19)17-9-6-12(7-10-17)5-8-15-2/h12,15H,3-11H2,1-2H3,(H,16,18). The summed E-state index contributed by atoms with van der Waals surface area (Å²) in [6.45, 7) is 4.82. The summed E-state index contributed by atoms with van der Waals surface area (Å²) in [6, 6.07) is 0. The van der Waals surface area contributed by atoms with Crippen molar-refractivity contribution in [2.24, 2.45) is 5.92 Å². The highest BCUT2D eigenvalue weighted by Crippen LogP contribution is 2.19. The predicted molar refractivity (Wildman–Crippen MR) is 75.8 cm³/mol. The summed E-state index contributed by atoms with van der Waals surface area (Å²) >= 11 is 0. The fourth-order valence-electron chi connectivity index (χ4n) is 2.42. The Hall–Kier alpha value is -1.10. The largest absolute Gasteiger partial charge is 0.347 e. The Bertz CT molecular complexity index is 286. The van der Waals surface area contributed by atoms with Gasteiger partial charge in [-0.25, -0.2) is 0 Å². The van der Waals surface area contributed by atoms with Gasteiger partial charge in [0.1, 0.15) is 0 Å². The Balaban J connectivity index is 2.19. The molecule has 110 valence electrons. The van der Waals surface area contributed by atoms with Gasteiger partial charge in [-0.15, -0.1) is 0 Å². The zero-order valence-corrected chi connectivity index (χ0v) is 12.2. The summed E-state index contributed by atoms with van der Waals surface area (Å²) in [6.07, 6.45) is 4.66. The summed E-state index contributed by atoms with van der Waals surface area (Å²) in [7, 11) is 1.97. The van der Waals surface area contributed by atoms with Gasteiger partial charge in [0.25, 0.3) is 0 Å². The Labute approximate surface area is 116 Å². The average Bonchev–Trinajstić information content (AvgIpc) is 2.43. The van der Waals surface area contributed by atoms with Crippen molar-refractivity contribution in [3.8, 4) is 0 Å². The van der Waals surface area contributed by atoms with Crippen molar-refractivity contribution in [3.05, 3.63) is 0 Å². The van der Waals surface area contributed by atoms with Crippen molar-refractivity contribution in [1.29, 1.82) is 0 Å². The summed E-state index contributed by atoms with van der Waals surface area (Å²) < 4.78 is 0. The second kappa shape index (κ2) is 8.91. The molecule has 2 amide bonds. The van der Waals surface area contributed by atoms with E-state index >= 15 is 0 Å². The highest BCUT2D eigenvalue weighted by Gasteiger charge is 2.22. The second-order valence-corrected chi connectivity index (χ2v) is 5.24.